The van der Waals surface area contributed by atoms with E-state index in [4.69, 9.17) is 4.74 Å². The van der Waals surface area contributed by atoms with E-state index in [1.54, 1.807) is 43.4 Å². The average Bonchev–Trinajstić information content (AvgIpc) is 2.83. The van der Waals surface area contributed by atoms with Crippen LogP contribution in [-0.4, -0.2) is 27.5 Å². The molecule has 0 atom stereocenters. The second-order valence-corrected chi connectivity index (χ2v) is 7.87. The van der Waals surface area contributed by atoms with Crippen molar-refractivity contribution in [3.63, 3.8) is 0 Å². The lowest BCUT2D eigenvalue weighted by molar-refractivity contribution is -0.117. The number of likely N-dealkylation sites (N-methyl/N-ethyl adjacent to an activating group) is 1. The number of sulfonamides is 1. The van der Waals surface area contributed by atoms with Gasteiger partial charge >= 0.3 is 0 Å². The van der Waals surface area contributed by atoms with Crippen molar-refractivity contribution >= 4 is 27.3 Å². The van der Waals surface area contributed by atoms with Gasteiger partial charge in [-0.05, 0) is 49.7 Å². The fourth-order valence-electron chi connectivity index (χ4n) is 2.73. The molecule has 132 valence electrons. The average molecular weight is 360 g/mol. The molecule has 25 heavy (non-hydrogen) atoms. The summed E-state index contributed by atoms with van der Waals surface area (Å²) in [5.41, 5.74) is 1.83. The van der Waals surface area contributed by atoms with Gasteiger partial charge in [-0.15, -0.1) is 0 Å². The van der Waals surface area contributed by atoms with Crippen LogP contribution in [0.5, 0.6) is 5.75 Å². The van der Waals surface area contributed by atoms with Crippen LogP contribution >= 0.6 is 0 Å². The van der Waals surface area contributed by atoms with E-state index in [0.29, 0.717) is 17.0 Å². The number of amides is 1. The lowest BCUT2D eigenvalue weighted by atomic mass is 10.2. The van der Waals surface area contributed by atoms with Crippen molar-refractivity contribution in [1.29, 1.82) is 0 Å². The molecule has 0 spiro atoms. The highest BCUT2D eigenvalue weighted by Gasteiger charge is 2.26. The van der Waals surface area contributed by atoms with E-state index in [-0.39, 0.29) is 23.3 Å². The molecular weight excluding hydrogens is 340 g/mol. The normalized spacial score (nSPS) is 13.9. The number of hydrogen-bond acceptors (Lipinski definition) is 4. The molecule has 0 saturated heterocycles. The van der Waals surface area contributed by atoms with E-state index in [1.807, 2.05) is 13.8 Å². The van der Waals surface area contributed by atoms with Gasteiger partial charge < -0.3 is 9.64 Å². The fourth-order valence-corrected chi connectivity index (χ4v) is 3.85. The topological polar surface area (TPSA) is 75.7 Å². The number of rotatable bonds is 5. The zero-order chi connectivity index (χ0) is 18.2. The predicted octanol–water partition coefficient (Wildman–Crippen LogP) is 2.79. The van der Waals surface area contributed by atoms with Crippen LogP contribution in [0.3, 0.4) is 0 Å². The summed E-state index contributed by atoms with van der Waals surface area (Å²) in [6.45, 7) is 3.75. The first-order valence-electron chi connectivity index (χ1n) is 7.96. The quantitative estimate of drug-likeness (QED) is 0.890. The first-order chi connectivity index (χ1) is 11.8. The Hall–Kier alpha value is -2.54. The molecule has 0 unspecified atom stereocenters. The molecule has 1 amide bonds. The van der Waals surface area contributed by atoms with Gasteiger partial charge in [0, 0.05) is 12.7 Å². The van der Waals surface area contributed by atoms with E-state index in [0.717, 1.165) is 5.69 Å². The van der Waals surface area contributed by atoms with Gasteiger partial charge in [0.15, 0.2) is 0 Å². The van der Waals surface area contributed by atoms with Crippen LogP contribution < -0.4 is 14.4 Å². The molecule has 0 aromatic heterocycles. The van der Waals surface area contributed by atoms with Crippen LogP contribution in [0.25, 0.3) is 0 Å². The first-order valence-corrected chi connectivity index (χ1v) is 9.44. The Bertz CT molecular complexity index is 922. The molecule has 2 aromatic rings. The maximum Gasteiger partial charge on any atom is 0.262 e. The molecule has 7 heteroatoms. The Morgan fingerprint density at radius 1 is 1.16 bits per heavy atom. The zero-order valence-electron chi connectivity index (χ0n) is 14.3. The number of carbonyl (C=O) groups excluding carboxylic acids is 1. The van der Waals surface area contributed by atoms with Crippen LogP contribution in [0.15, 0.2) is 47.4 Å². The molecule has 0 aliphatic carbocycles. The minimum atomic E-state index is -3.79. The standard InChI is InChI=1S/C18H20N2O4S/c1-12(2)24-17-7-5-4-6-15(17)19-25(22,23)14-8-9-16-13(10-14)11-18(21)20(16)3/h4-10,12,19H,11H2,1-3H3. The van der Waals surface area contributed by atoms with Gasteiger partial charge in [0.05, 0.1) is 23.1 Å². The largest absolute Gasteiger partial charge is 0.489 e. The van der Waals surface area contributed by atoms with Crippen molar-refractivity contribution in [3.05, 3.63) is 48.0 Å². The smallest absolute Gasteiger partial charge is 0.262 e. The molecular formula is C18H20N2O4S. The molecule has 1 N–H and O–H groups in total. The lowest BCUT2D eigenvalue weighted by Crippen LogP contribution is -2.20. The van der Waals surface area contributed by atoms with Crippen molar-refractivity contribution in [2.75, 3.05) is 16.7 Å². The summed E-state index contributed by atoms with van der Waals surface area (Å²) in [7, 11) is -2.11. The number of nitrogens with zero attached hydrogens (tertiary/aromatic N) is 1. The van der Waals surface area contributed by atoms with Crippen LogP contribution in [0.4, 0.5) is 11.4 Å². The Kier molecular flexibility index (Phi) is 4.43. The Morgan fingerprint density at radius 3 is 2.60 bits per heavy atom. The van der Waals surface area contributed by atoms with Crippen LogP contribution in [0.2, 0.25) is 0 Å². The number of para-hydroxylation sites is 2. The molecule has 1 heterocycles. The maximum absolute atomic E-state index is 12.7. The second-order valence-electron chi connectivity index (χ2n) is 6.19. The lowest BCUT2D eigenvalue weighted by Gasteiger charge is -2.16. The molecule has 2 aromatic carbocycles. The van der Waals surface area contributed by atoms with E-state index in [9.17, 15) is 13.2 Å². The monoisotopic (exact) mass is 360 g/mol. The SMILES string of the molecule is CC(C)Oc1ccccc1NS(=O)(=O)c1ccc2c(c1)CC(=O)N2C. The van der Waals surface area contributed by atoms with Gasteiger partial charge in [0.25, 0.3) is 10.0 Å². The maximum atomic E-state index is 12.7. The summed E-state index contributed by atoms with van der Waals surface area (Å²) in [5, 5.41) is 0. The number of nitrogens with one attached hydrogen (secondary N) is 1. The van der Waals surface area contributed by atoms with Crippen molar-refractivity contribution in [2.45, 2.75) is 31.3 Å². The van der Waals surface area contributed by atoms with E-state index in [1.165, 1.54) is 11.0 Å². The summed E-state index contributed by atoms with van der Waals surface area (Å²) in [6, 6.07) is 11.6. The molecule has 0 fully saturated rings. The molecule has 6 nitrogen and oxygen atoms in total. The van der Waals surface area contributed by atoms with Crippen molar-refractivity contribution < 1.29 is 17.9 Å². The second kappa shape index (κ2) is 6.40. The van der Waals surface area contributed by atoms with Crippen molar-refractivity contribution in [2.24, 2.45) is 0 Å². The highest BCUT2D eigenvalue weighted by atomic mass is 32.2. The van der Waals surface area contributed by atoms with Crippen LogP contribution in [0, 0.1) is 0 Å². The van der Waals surface area contributed by atoms with Crippen molar-refractivity contribution in [1.82, 2.24) is 0 Å². The Balaban J connectivity index is 1.92. The molecule has 3 rings (SSSR count). The first kappa shape index (κ1) is 17.3. The van der Waals surface area contributed by atoms with Gasteiger partial charge in [-0.1, -0.05) is 12.1 Å². The molecule has 1 aliphatic rings. The van der Waals surface area contributed by atoms with Crippen LogP contribution in [0.1, 0.15) is 19.4 Å². The number of hydrogen-bond donors (Lipinski definition) is 1. The minimum absolute atomic E-state index is 0.0480. The van der Waals surface area contributed by atoms with Gasteiger partial charge in [0.2, 0.25) is 5.91 Å². The van der Waals surface area contributed by atoms with Gasteiger partial charge in [-0.2, -0.15) is 0 Å². The summed E-state index contributed by atoms with van der Waals surface area (Å²) < 4.78 is 33.7. The minimum Gasteiger partial charge on any atom is -0.489 e. The van der Waals surface area contributed by atoms with Crippen LogP contribution in [-0.2, 0) is 21.2 Å². The number of fused-ring (bicyclic) bond motifs is 1. The number of carbonyl (C=O) groups is 1. The summed E-state index contributed by atoms with van der Waals surface area (Å²) in [4.78, 5) is 13.4. The third-order valence-electron chi connectivity index (χ3n) is 3.93. The zero-order valence-corrected chi connectivity index (χ0v) is 15.1. The van der Waals surface area contributed by atoms with Crippen molar-refractivity contribution in [3.8, 4) is 5.75 Å². The van der Waals surface area contributed by atoms with E-state index >= 15 is 0 Å². The summed E-state index contributed by atoms with van der Waals surface area (Å²) >= 11 is 0. The number of ether oxygens (including phenoxy) is 1. The summed E-state index contributed by atoms with van der Waals surface area (Å²) in [5.74, 6) is 0.422. The van der Waals surface area contributed by atoms with E-state index < -0.39 is 10.0 Å². The van der Waals surface area contributed by atoms with E-state index in [2.05, 4.69) is 4.72 Å². The highest BCUT2D eigenvalue weighted by molar-refractivity contribution is 7.92. The predicted molar refractivity (Wildman–Crippen MR) is 96.6 cm³/mol. The molecule has 0 saturated carbocycles. The Morgan fingerprint density at radius 2 is 1.88 bits per heavy atom. The van der Waals surface area contributed by atoms with Gasteiger partial charge in [0.1, 0.15) is 5.75 Å². The summed E-state index contributed by atoms with van der Waals surface area (Å²) in [6.07, 6.45) is 0.134. The number of benzene rings is 2. The third kappa shape index (κ3) is 3.46. The molecule has 1 aliphatic heterocycles. The fraction of sp³-hybridized carbons (Fsp3) is 0.278. The van der Waals surface area contributed by atoms with Gasteiger partial charge in [-0.3, -0.25) is 9.52 Å². The van der Waals surface area contributed by atoms with Gasteiger partial charge in [-0.25, -0.2) is 8.42 Å². The molecule has 0 bridgehead atoms. The molecule has 0 radical (unpaired) electrons. The Labute approximate surface area is 147 Å². The third-order valence-corrected chi connectivity index (χ3v) is 5.30. The highest BCUT2D eigenvalue weighted by Crippen LogP contribution is 2.32. The number of anilines is 2.